The maximum absolute atomic E-state index is 12.0. The normalized spacial score (nSPS) is 11.5. The van der Waals surface area contributed by atoms with Gasteiger partial charge in [-0.15, -0.1) is 11.3 Å². The van der Waals surface area contributed by atoms with Crippen LogP contribution in [0.15, 0.2) is 16.5 Å². The Morgan fingerprint density at radius 2 is 2.21 bits per heavy atom. The molecule has 0 radical (unpaired) electrons. The first-order valence-electron chi connectivity index (χ1n) is 5.02. The molecule has 2 rings (SSSR count). The first kappa shape index (κ1) is 13.5. The summed E-state index contributed by atoms with van der Waals surface area (Å²) in [5.74, 6) is -1.24. The summed E-state index contributed by atoms with van der Waals surface area (Å²) < 4.78 is 27.3. The molecule has 2 heterocycles. The van der Waals surface area contributed by atoms with Crippen molar-refractivity contribution in [2.45, 2.75) is 11.1 Å². The van der Waals surface area contributed by atoms with Crippen molar-refractivity contribution in [1.29, 1.82) is 0 Å². The molecule has 0 saturated carbocycles. The van der Waals surface area contributed by atoms with Crippen LogP contribution >= 0.6 is 11.3 Å². The zero-order valence-corrected chi connectivity index (χ0v) is 11.6. The van der Waals surface area contributed by atoms with Crippen molar-refractivity contribution in [2.24, 2.45) is 7.05 Å². The molecule has 0 amide bonds. The Balaban J connectivity index is 2.31. The van der Waals surface area contributed by atoms with E-state index in [4.69, 9.17) is 5.11 Å². The lowest BCUT2D eigenvalue weighted by Gasteiger charge is -2.00. The summed E-state index contributed by atoms with van der Waals surface area (Å²) in [6, 6.07) is 1.15. The Labute approximate surface area is 112 Å². The van der Waals surface area contributed by atoms with Crippen molar-refractivity contribution < 1.29 is 18.3 Å². The lowest BCUT2D eigenvalue weighted by molar-refractivity contribution is 0.0685. The van der Waals surface area contributed by atoms with E-state index in [1.54, 1.807) is 6.92 Å². The molecule has 0 atom stereocenters. The zero-order chi connectivity index (χ0) is 14.2. The van der Waals surface area contributed by atoms with Crippen LogP contribution in [0.25, 0.3) is 0 Å². The summed E-state index contributed by atoms with van der Waals surface area (Å²) in [6.45, 7) is 1.69. The summed E-state index contributed by atoms with van der Waals surface area (Å²) in [5.41, 5.74) is -0.113. The maximum Gasteiger partial charge on any atom is 0.354 e. The Kier molecular flexibility index (Phi) is 3.28. The molecule has 0 unspecified atom stereocenters. The second-order valence-electron chi connectivity index (χ2n) is 3.65. The third kappa shape index (κ3) is 2.74. The van der Waals surface area contributed by atoms with E-state index < -0.39 is 16.0 Å². The van der Waals surface area contributed by atoms with Crippen LogP contribution in [0.3, 0.4) is 0 Å². The van der Waals surface area contributed by atoms with Gasteiger partial charge in [0.1, 0.15) is 5.69 Å². The average Bonchev–Trinajstić information content (AvgIpc) is 2.85. The van der Waals surface area contributed by atoms with Gasteiger partial charge >= 0.3 is 5.97 Å². The molecule has 2 aromatic rings. The standard InChI is InChI=1S/C9H10N4O4S2/c1-5-10-4-8(18-5)19(16,17)12-7-3-6(9(14)15)13(2)11-7/h3-4H,1-2H3,(H,11,12)(H,14,15). The number of anilines is 1. The number of aryl methyl sites for hydroxylation is 2. The van der Waals surface area contributed by atoms with Crippen molar-refractivity contribution in [3.63, 3.8) is 0 Å². The molecule has 0 spiro atoms. The fourth-order valence-corrected chi connectivity index (χ4v) is 3.47. The monoisotopic (exact) mass is 302 g/mol. The SMILES string of the molecule is Cc1ncc(S(=O)(=O)Nc2cc(C(=O)O)n(C)n2)s1. The van der Waals surface area contributed by atoms with Gasteiger partial charge in [0.15, 0.2) is 10.0 Å². The van der Waals surface area contributed by atoms with Gasteiger partial charge in [-0.3, -0.25) is 9.40 Å². The lowest BCUT2D eigenvalue weighted by Crippen LogP contribution is -2.12. The highest BCUT2D eigenvalue weighted by Crippen LogP contribution is 2.21. The third-order valence-corrected chi connectivity index (χ3v) is 4.93. The highest BCUT2D eigenvalue weighted by atomic mass is 32.2. The Bertz CT molecular complexity index is 731. The zero-order valence-electron chi connectivity index (χ0n) is 9.98. The van der Waals surface area contributed by atoms with Gasteiger partial charge in [0.25, 0.3) is 10.0 Å². The van der Waals surface area contributed by atoms with Crippen LogP contribution in [0.2, 0.25) is 0 Å². The minimum absolute atomic E-state index is 0.0486. The molecule has 0 aliphatic heterocycles. The molecule has 2 N–H and O–H groups in total. The van der Waals surface area contributed by atoms with Crippen LogP contribution in [0.4, 0.5) is 5.82 Å². The van der Waals surface area contributed by atoms with E-state index in [2.05, 4.69) is 14.8 Å². The van der Waals surface area contributed by atoms with Gasteiger partial charge in [-0.05, 0) is 6.92 Å². The van der Waals surface area contributed by atoms with Crippen molar-refractivity contribution in [3.05, 3.63) is 23.0 Å². The fourth-order valence-electron chi connectivity index (χ4n) is 1.37. The predicted molar refractivity (Wildman–Crippen MR) is 67.8 cm³/mol. The average molecular weight is 302 g/mol. The first-order chi connectivity index (χ1) is 8.79. The summed E-state index contributed by atoms with van der Waals surface area (Å²) in [6.07, 6.45) is 1.24. The van der Waals surface area contributed by atoms with Crippen LogP contribution in [0, 0.1) is 6.92 Å². The van der Waals surface area contributed by atoms with E-state index in [-0.39, 0.29) is 15.7 Å². The predicted octanol–water partition coefficient (Wildman–Crippen LogP) is 0.684. The minimum Gasteiger partial charge on any atom is -0.477 e. The van der Waals surface area contributed by atoms with Gasteiger partial charge in [0.2, 0.25) is 0 Å². The van der Waals surface area contributed by atoms with Crippen LogP contribution < -0.4 is 4.72 Å². The number of carboxylic acids is 1. The van der Waals surface area contributed by atoms with Gasteiger partial charge in [-0.25, -0.2) is 18.2 Å². The maximum atomic E-state index is 12.0. The number of rotatable bonds is 4. The number of nitrogens with one attached hydrogen (secondary N) is 1. The number of hydrogen-bond donors (Lipinski definition) is 2. The Morgan fingerprint density at radius 3 is 2.68 bits per heavy atom. The summed E-state index contributed by atoms with van der Waals surface area (Å²) in [5, 5.41) is 13.2. The van der Waals surface area contributed by atoms with Crippen molar-refractivity contribution in [1.82, 2.24) is 14.8 Å². The molecule has 102 valence electrons. The second-order valence-corrected chi connectivity index (χ2v) is 6.79. The van der Waals surface area contributed by atoms with Gasteiger partial charge in [0, 0.05) is 13.1 Å². The van der Waals surface area contributed by atoms with E-state index in [0.717, 1.165) is 22.1 Å². The van der Waals surface area contributed by atoms with E-state index in [1.807, 2.05) is 0 Å². The molecule has 0 aromatic carbocycles. The summed E-state index contributed by atoms with van der Waals surface area (Å²) >= 11 is 1.02. The molecule has 0 bridgehead atoms. The quantitative estimate of drug-likeness (QED) is 0.858. The third-order valence-electron chi connectivity index (χ3n) is 2.20. The molecular weight excluding hydrogens is 292 g/mol. The molecule has 10 heteroatoms. The molecule has 19 heavy (non-hydrogen) atoms. The molecule has 8 nitrogen and oxygen atoms in total. The first-order valence-corrected chi connectivity index (χ1v) is 7.32. The lowest BCUT2D eigenvalue weighted by atomic mass is 10.4. The van der Waals surface area contributed by atoms with Crippen LogP contribution in [0.5, 0.6) is 0 Å². The van der Waals surface area contributed by atoms with Crippen LogP contribution in [-0.4, -0.2) is 34.3 Å². The van der Waals surface area contributed by atoms with Gasteiger partial charge in [-0.1, -0.05) is 0 Å². The fraction of sp³-hybridized carbons (Fsp3) is 0.222. The van der Waals surface area contributed by atoms with Crippen molar-refractivity contribution in [3.8, 4) is 0 Å². The largest absolute Gasteiger partial charge is 0.477 e. The second kappa shape index (κ2) is 4.63. The number of aromatic carboxylic acids is 1. The highest BCUT2D eigenvalue weighted by Gasteiger charge is 2.20. The molecule has 0 aliphatic carbocycles. The topological polar surface area (TPSA) is 114 Å². The number of aromatic nitrogens is 3. The Hall–Kier alpha value is -1.94. The van der Waals surface area contributed by atoms with Gasteiger partial charge in [-0.2, -0.15) is 5.10 Å². The number of nitrogens with zero attached hydrogens (tertiary/aromatic N) is 3. The van der Waals surface area contributed by atoms with E-state index in [9.17, 15) is 13.2 Å². The molecule has 0 saturated heterocycles. The molecule has 0 fully saturated rings. The van der Waals surface area contributed by atoms with Crippen LogP contribution in [0.1, 0.15) is 15.5 Å². The number of hydrogen-bond acceptors (Lipinski definition) is 6. The molecule has 2 aromatic heterocycles. The highest BCUT2D eigenvalue weighted by molar-refractivity contribution is 7.94. The Morgan fingerprint density at radius 1 is 1.53 bits per heavy atom. The number of carboxylic acid groups (broad SMARTS) is 1. The summed E-state index contributed by atoms with van der Waals surface area (Å²) in [4.78, 5) is 14.7. The van der Waals surface area contributed by atoms with Crippen LogP contribution in [-0.2, 0) is 17.1 Å². The van der Waals surface area contributed by atoms with Crippen molar-refractivity contribution in [2.75, 3.05) is 4.72 Å². The number of sulfonamides is 1. The van der Waals surface area contributed by atoms with Gasteiger partial charge in [0.05, 0.1) is 11.2 Å². The van der Waals surface area contributed by atoms with Gasteiger partial charge < -0.3 is 5.11 Å². The number of carbonyl (C=O) groups is 1. The van der Waals surface area contributed by atoms with E-state index >= 15 is 0 Å². The molecular formula is C9H10N4O4S2. The van der Waals surface area contributed by atoms with E-state index in [1.165, 1.54) is 13.2 Å². The smallest absolute Gasteiger partial charge is 0.354 e. The summed E-state index contributed by atoms with van der Waals surface area (Å²) in [7, 11) is -2.37. The number of thiazole rings is 1. The molecule has 0 aliphatic rings. The minimum atomic E-state index is -3.78. The van der Waals surface area contributed by atoms with Crippen molar-refractivity contribution >= 4 is 33.1 Å². The van der Waals surface area contributed by atoms with E-state index in [0.29, 0.717) is 5.01 Å².